The highest BCUT2D eigenvalue weighted by Crippen LogP contribution is 2.31. The van der Waals surface area contributed by atoms with Crippen molar-refractivity contribution in [1.29, 1.82) is 0 Å². The third kappa shape index (κ3) is 4.83. The third-order valence-corrected chi connectivity index (χ3v) is 6.94. The topological polar surface area (TPSA) is 71.1 Å². The summed E-state index contributed by atoms with van der Waals surface area (Å²) in [4.78, 5) is 5.34. The molecule has 2 aromatic rings. The van der Waals surface area contributed by atoms with Crippen molar-refractivity contribution in [3.8, 4) is 0 Å². The monoisotopic (exact) mass is 409 g/mol. The lowest BCUT2D eigenvalue weighted by Crippen LogP contribution is -2.23. The Bertz CT molecular complexity index is 668. The molecule has 2 heterocycles. The molecule has 0 aromatic carbocycles. The lowest BCUT2D eigenvalue weighted by atomic mass is 10.4. The maximum atomic E-state index is 12.3. The third-order valence-electron chi connectivity index (χ3n) is 2.65. The van der Waals surface area contributed by atoms with Gasteiger partial charge in [-0.2, -0.15) is 0 Å². The van der Waals surface area contributed by atoms with E-state index in [1.807, 2.05) is 5.38 Å². The molecule has 2 aromatic heterocycles. The highest BCUT2D eigenvalue weighted by atomic mass is 79.9. The molecule has 21 heavy (non-hydrogen) atoms. The van der Waals surface area contributed by atoms with E-state index in [2.05, 4.69) is 37.9 Å². The van der Waals surface area contributed by atoms with E-state index < -0.39 is 10.0 Å². The van der Waals surface area contributed by atoms with Gasteiger partial charge in [-0.3, -0.25) is 0 Å². The van der Waals surface area contributed by atoms with Gasteiger partial charge in [-0.25, -0.2) is 18.1 Å². The molecule has 0 bridgehead atoms. The number of rotatable bonds is 8. The van der Waals surface area contributed by atoms with Gasteiger partial charge in [0, 0.05) is 16.8 Å². The Morgan fingerprint density at radius 3 is 2.86 bits per heavy atom. The number of aromatic nitrogens is 1. The molecule has 0 saturated heterocycles. The van der Waals surface area contributed by atoms with Crippen LogP contribution in [0.3, 0.4) is 0 Å². The molecule has 0 fully saturated rings. The zero-order valence-corrected chi connectivity index (χ0v) is 15.5. The summed E-state index contributed by atoms with van der Waals surface area (Å²) in [7, 11) is -3.53. The molecular weight excluding hydrogens is 394 g/mol. The fourth-order valence-corrected chi connectivity index (χ4v) is 5.84. The van der Waals surface area contributed by atoms with Gasteiger partial charge in [0.1, 0.15) is 4.90 Å². The van der Waals surface area contributed by atoms with Crippen LogP contribution in [0.25, 0.3) is 0 Å². The highest BCUT2D eigenvalue weighted by Gasteiger charge is 2.20. The molecule has 0 saturated carbocycles. The predicted molar refractivity (Wildman–Crippen MR) is 90.2 cm³/mol. The summed E-state index contributed by atoms with van der Waals surface area (Å²) < 4.78 is 27.8. The van der Waals surface area contributed by atoms with Gasteiger partial charge in [-0.05, 0) is 35.0 Å². The Balaban J connectivity index is 2.05. The Morgan fingerprint density at radius 1 is 1.38 bits per heavy atom. The minimum Gasteiger partial charge on any atom is -0.312 e. The van der Waals surface area contributed by atoms with E-state index in [0.29, 0.717) is 10.3 Å². The van der Waals surface area contributed by atoms with E-state index in [1.165, 1.54) is 22.7 Å². The van der Waals surface area contributed by atoms with Crippen molar-refractivity contribution in [3.63, 3.8) is 0 Å². The van der Waals surface area contributed by atoms with Gasteiger partial charge >= 0.3 is 0 Å². The van der Waals surface area contributed by atoms with Crippen molar-refractivity contribution in [2.75, 3.05) is 6.54 Å². The fourth-order valence-electron chi connectivity index (χ4n) is 1.63. The number of hydrogen-bond donors (Lipinski definition) is 2. The number of nitrogens with one attached hydrogen (secondary N) is 2. The van der Waals surface area contributed by atoms with Crippen molar-refractivity contribution in [2.24, 2.45) is 0 Å². The second kappa shape index (κ2) is 7.80. The largest absolute Gasteiger partial charge is 0.312 e. The Morgan fingerprint density at radius 2 is 2.19 bits per heavy atom. The van der Waals surface area contributed by atoms with Crippen LogP contribution in [0.15, 0.2) is 25.6 Å². The van der Waals surface area contributed by atoms with Crippen molar-refractivity contribution < 1.29 is 8.42 Å². The van der Waals surface area contributed by atoms with Crippen LogP contribution in [-0.4, -0.2) is 19.9 Å². The van der Waals surface area contributed by atoms with Gasteiger partial charge < -0.3 is 5.32 Å². The maximum Gasteiger partial charge on any atom is 0.242 e. The average molecular weight is 410 g/mol. The summed E-state index contributed by atoms with van der Waals surface area (Å²) in [6, 6.07) is 1.71. The lowest BCUT2D eigenvalue weighted by molar-refractivity contribution is 0.580. The van der Waals surface area contributed by atoms with Crippen LogP contribution in [-0.2, 0) is 23.1 Å². The van der Waals surface area contributed by atoms with Gasteiger partial charge in [0.25, 0.3) is 0 Å². The van der Waals surface area contributed by atoms with Crippen LogP contribution >= 0.6 is 38.6 Å². The minimum atomic E-state index is -3.53. The fraction of sp³-hybridized carbons (Fsp3) is 0.417. The predicted octanol–water partition coefficient (Wildman–Crippen LogP) is 2.95. The number of thiophene rings is 1. The van der Waals surface area contributed by atoms with E-state index in [9.17, 15) is 8.42 Å². The van der Waals surface area contributed by atoms with Crippen molar-refractivity contribution >= 4 is 48.6 Å². The van der Waals surface area contributed by atoms with Crippen LogP contribution in [0.5, 0.6) is 0 Å². The molecule has 5 nitrogen and oxygen atoms in total. The molecule has 2 N–H and O–H groups in total. The molecule has 0 atom stereocenters. The first-order valence-corrected chi connectivity index (χ1v) is 10.4. The number of halogens is 1. The smallest absolute Gasteiger partial charge is 0.242 e. The van der Waals surface area contributed by atoms with Gasteiger partial charge in [0.05, 0.1) is 21.5 Å². The summed E-state index contributed by atoms with van der Waals surface area (Å²) >= 11 is 6.22. The normalized spacial score (nSPS) is 11.9. The molecule has 0 aliphatic rings. The van der Waals surface area contributed by atoms with E-state index in [4.69, 9.17) is 0 Å². The number of hydrogen-bond acceptors (Lipinski definition) is 6. The molecule has 0 radical (unpaired) electrons. The van der Waals surface area contributed by atoms with Crippen molar-refractivity contribution in [3.05, 3.63) is 31.3 Å². The second-order valence-electron chi connectivity index (χ2n) is 4.33. The van der Waals surface area contributed by atoms with Crippen LogP contribution < -0.4 is 10.0 Å². The Kier molecular flexibility index (Phi) is 6.33. The first-order chi connectivity index (χ1) is 10.0. The van der Waals surface area contributed by atoms with E-state index in [0.717, 1.165) is 23.5 Å². The summed E-state index contributed by atoms with van der Waals surface area (Å²) in [6.07, 6.45) is 1.05. The molecular formula is C12H16BrN3O2S3. The molecule has 0 unspecified atom stereocenters. The zero-order chi connectivity index (χ0) is 15.3. The Labute approximate surface area is 141 Å². The standard InChI is InChI=1S/C12H16BrN3O2S3/c1-2-3-14-6-10-4-11(12(13)20-10)21(17,18)16-5-9-7-19-8-15-9/h4,7-8,14,16H,2-3,5-6H2,1H3. The van der Waals surface area contributed by atoms with Crippen LogP contribution in [0.2, 0.25) is 0 Å². The summed E-state index contributed by atoms with van der Waals surface area (Å²) in [5, 5.41) is 5.09. The summed E-state index contributed by atoms with van der Waals surface area (Å²) in [5.41, 5.74) is 2.40. The first-order valence-electron chi connectivity index (χ1n) is 6.38. The molecule has 9 heteroatoms. The van der Waals surface area contributed by atoms with Gasteiger partial charge in [-0.1, -0.05) is 6.92 Å². The molecule has 0 amide bonds. The number of sulfonamides is 1. The van der Waals surface area contributed by atoms with E-state index in [-0.39, 0.29) is 11.4 Å². The number of thiazole rings is 1. The van der Waals surface area contributed by atoms with Gasteiger partial charge in [-0.15, -0.1) is 22.7 Å². The molecule has 2 rings (SSSR count). The molecule has 0 spiro atoms. The van der Waals surface area contributed by atoms with Gasteiger partial charge in [0.2, 0.25) is 10.0 Å². The zero-order valence-electron chi connectivity index (χ0n) is 11.4. The van der Waals surface area contributed by atoms with E-state index >= 15 is 0 Å². The molecule has 0 aliphatic carbocycles. The van der Waals surface area contributed by atoms with E-state index in [1.54, 1.807) is 11.6 Å². The molecule has 116 valence electrons. The Hall–Kier alpha value is -0.320. The van der Waals surface area contributed by atoms with Crippen LogP contribution in [0, 0.1) is 0 Å². The van der Waals surface area contributed by atoms with Gasteiger partial charge in [0.15, 0.2) is 0 Å². The highest BCUT2D eigenvalue weighted by molar-refractivity contribution is 9.11. The van der Waals surface area contributed by atoms with Crippen LogP contribution in [0.4, 0.5) is 0 Å². The van der Waals surface area contributed by atoms with Crippen molar-refractivity contribution in [2.45, 2.75) is 31.3 Å². The molecule has 0 aliphatic heterocycles. The summed E-state index contributed by atoms with van der Waals surface area (Å²) in [6.45, 7) is 3.89. The van der Waals surface area contributed by atoms with Crippen LogP contribution in [0.1, 0.15) is 23.9 Å². The SMILES string of the molecule is CCCNCc1cc(S(=O)(=O)NCc2cscn2)c(Br)s1. The quantitative estimate of drug-likeness (QED) is 0.657. The second-order valence-corrected chi connectivity index (χ2v) is 9.24. The minimum absolute atomic E-state index is 0.206. The average Bonchev–Trinajstić information content (AvgIpc) is 3.07. The maximum absolute atomic E-state index is 12.3. The number of nitrogens with zero attached hydrogens (tertiary/aromatic N) is 1. The lowest BCUT2D eigenvalue weighted by Gasteiger charge is -2.03. The van der Waals surface area contributed by atoms with Crippen molar-refractivity contribution in [1.82, 2.24) is 15.0 Å². The summed E-state index contributed by atoms with van der Waals surface area (Å²) in [5.74, 6) is 0. The first kappa shape index (κ1) is 17.0.